The molecule has 0 saturated carbocycles. The summed E-state index contributed by atoms with van der Waals surface area (Å²) in [7, 11) is 0. The zero-order valence-corrected chi connectivity index (χ0v) is 13.0. The fourth-order valence-corrected chi connectivity index (χ4v) is 2.78. The summed E-state index contributed by atoms with van der Waals surface area (Å²) < 4.78 is 0. The van der Waals surface area contributed by atoms with Gasteiger partial charge in [-0.15, -0.1) is 0 Å². The van der Waals surface area contributed by atoms with Crippen LogP contribution in [0.2, 0.25) is 5.02 Å². The molecule has 1 heterocycles. The van der Waals surface area contributed by atoms with Crippen LogP contribution in [0.15, 0.2) is 48.5 Å². The summed E-state index contributed by atoms with van der Waals surface area (Å²) in [6.07, 6.45) is 0. The van der Waals surface area contributed by atoms with E-state index >= 15 is 0 Å². The summed E-state index contributed by atoms with van der Waals surface area (Å²) in [5, 5.41) is 0.477. The second kappa shape index (κ2) is 6.28. The summed E-state index contributed by atoms with van der Waals surface area (Å²) in [5.74, 6) is 0.0103. The van der Waals surface area contributed by atoms with E-state index in [1.807, 2.05) is 23.1 Å². The monoisotopic (exact) mass is 315 g/mol. The van der Waals surface area contributed by atoms with Gasteiger partial charge in [0, 0.05) is 37.4 Å². The molecule has 2 N–H and O–H groups in total. The normalized spacial score (nSPS) is 15.0. The van der Waals surface area contributed by atoms with Crippen molar-refractivity contribution in [2.24, 2.45) is 0 Å². The highest BCUT2D eigenvalue weighted by Crippen LogP contribution is 2.21. The van der Waals surface area contributed by atoms with E-state index in [-0.39, 0.29) is 5.91 Å². The highest BCUT2D eigenvalue weighted by molar-refractivity contribution is 6.33. The first-order valence-electron chi connectivity index (χ1n) is 7.29. The van der Waals surface area contributed by atoms with E-state index in [0.717, 1.165) is 13.1 Å². The molecular formula is C17H18ClN3O. The van der Waals surface area contributed by atoms with E-state index in [1.165, 1.54) is 5.69 Å². The van der Waals surface area contributed by atoms with Gasteiger partial charge in [0.15, 0.2) is 0 Å². The van der Waals surface area contributed by atoms with Crippen LogP contribution in [0.25, 0.3) is 0 Å². The van der Waals surface area contributed by atoms with Crippen LogP contribution in [0.5, 0.6) is 0 Å². The number of carbonyl (C=O) groups excluding carboxylic acids is 1. The van der Waals surface area contributed by atoms with Gasteiger partial charge in [-0.1, -0.05) is 29.8 Å². The minimum Gasteiger partial charge on any atom is -0.398 e. The second-order valence-corrected chi connectivity index (χ2v) is 5.76. The van der Waals surface area contributed by atoms with Crippen molar-refractivity contribution in [1.29, 1.82) is 0 Å². The third-order valence-electron chi connectivity index (χ3n) is 3.93. The number of anilines is 2. The fourth-order valence-electron chi connectivity index (χ4n) is 2.67. The standard InChI is InChI=1S/C17H18ClN3O/c18-15-7-6-13(12-16(15)19)17(22)21-10-8-20(9-11-21)14-4-2-1-3-5-14/h1-7,12H,8-11,19H2. The number of benzene rings is 2. The molecule has 2 aromatic carbocycles. The molecule has 4 nitrogen and oxygen atoms in total. The van der Waals surface area contributed by atoms with Crippen molar-refractivity contribution < 1.29 is 4.79 Å². The Morgan fingerprint density at radius 2 is 1.68 bits per heavy atom. The maximum atomic E-state index is 12.5. The minimum absolute atomic E-state index is 0.0103. The van der Waals surface area contributed by atoms with Crippen LogP contribution in [-0.4, -0.2) is 37.0 Å². The number of nitrogens with two attached hydrogens (primary N) is 1. The first kappa shape index (κ1) is 14.7. The number of piperazine rings is 1. The Bertz CT molecular complexity index is 667. The lowest BCUT2D eigenvalue weighted by Crippen LogP contribution is -2.48. The molecule has 2 aromatic rings. The summed E-state index contributed by atoms with van der Waals surface area (Å²) in [6, 6.07) is 15.3. The molecule has 0 aromatic heterocycles. The molecule has 0 atom stereocenters. The number of hydrogen-bond acceptors (Lipinski definition) is 3. The molecule has 0 radical (unpaired) electrons. The van der Waals surface area contributed by atoms with Crippen LogP contribution in [0.1, 0.15) is 10.4 Å². The summed E-state index contributed by atoms with van der Waals surface area (Å²) >= 11 is 5.90. The summed E-state index contributed by atoms with van der Waals surface area (Å²) in [5.41, 5.74) is 8.01. The van der Waals surface area contributed by atoms with Gasteiger partial charge in [0.1, 0.15) is 0 Å². The van der Waals surface area contributed by atoms with Crippen LogP contribution in [0, 0.1) is 0 Å². The molecule has 1 saturated heterocycles. The van der Waals surface area contributed by atoms with Crippen molar-refractivity contribution >= 4 is 28.9 Å². The van der Waals surface area contributed by atoms with Gasteiger partial charge in [-0.2, -0.15) is 0 Å². The van der Waals surface area contributed by atoms with Crippen LogP contribution in [-0.2, 0) is 0 Å². The largest absolute Gasteiger partial charge is 0.398 e. The second-order valence-electron chi connectivity index (χ2n) is 5.35. The van der Waals surface area contributed by atoms with Gasteiger partial charge in [0.25, 0.3) is 5.91 Å². The smallest absolute Gasteiger partial charge is 0.254 e. The van der Waals surface area contributed by atoms with E-state index in [1.54, 1.807) is 18.2 Å². The molecule has 5 heteroatoms. The molecule has 0 unspecified atom stereocenters. The van der Waals surface area contributed by atoms with Crippen LogP contribution in [0.4, 0.5) is 11.4 Å². The van der Waals surface area contributed by atoms with Gasteiger partial charge in [-0.05, 0) is 30.3 Å². The molecule has 1 aliphatic heterocycles. The number of rotatable bonds is 2. The van der Waals surface area contributed by atoms with Gasteiger partial charge in [-0.3, -0.25) is 4.79 Å². The van der Waals surface area contributed by atoms with Gasteiger partial charge in [-0.25, -0.2) is 0 Å². The number of halogens is 1. The van der Waals surface area contributed by atoms with E-state index in [9.17, 15) is 4.79 Å². The van der Waals surface area contributed by atoms with Crippen molar-refractivity contribution in [3.63, 3.8) is 0 Å². The van der Waals surface area contributed by atoms with Crippen LogP contribution < -0.4 is 10.6 Å². The number of nitrogens with zero attached hydrogens (tertiary/aromatic N) is 2. The zero-order valence-electron chi connectivity index (χ0n) is 12.2. The van der Waals surface area contributed by atoms with Crippen molar-refractivity contribution in [1.82, 2.24) is 4.90 Å². The van der Waals surface area contributed by atoms with E-state index in [4.69, 9.17) is 17.3 Å². The summed E-state index contributed by atoms with van der Waals surface area (Å²) in [6.45, 7) is 3.07. The number of nitrogen functional groups attached to an aromatic ring is 1. The lowest BCUT2D eigenvalue weighted by Gasteiger charge is -2.36. The van der Waals surface area contributed by atoms with E-state index < -0.39 is 0 Å². The molecule has 1 amide bonds. The van der Waals surface area contributed by atoms with E-state index in [0.29, 0.717) is 29.4 Å². The zero-order chi connectivity index (χ0) is 15.5. The van der Waals surface area contributed by atoms with Gasteiger partial charge in [0.2, 0.25) is 0 Å². The van der Waals surface area contributed by atoms with Crippen molar-refractivity contribution in [2.75, 3.05) is 36.8 Å². The molecule has 0 bridgehead atoms. The number of hydrogen-bond donors (Lipinski definition) is 1. The lowest BCUT2D eigenvalue weighted by atomic mass is 10.1. The van der Waals surface area contributed by atoms with E-state index in [2.05, 4.69) is 17.0 Å². The first-order chi connectivity index (χ1) is 10.6. The average molecular weight is 316 g/mol. The molecule has 1 fully saturated rings. The third kappa shape index (κ3) is 3.02. The highest BCUT2D eigenvalue weighted by atomic mass is 35.5. The molecule has 114 valence electrons. The number of amides is 1. The molecule has 0 spiro atoms. The van der Waals surface area contributed by atoms with Gasteiger partial charge >= 0.3 is 0 Å². The molecule has 1 aliphatic rings. The average Bonchev–Trinajstić information content (AvgIpc) is 2.58. The molecule has 3 rings (SSSR count). The topological polar surface area (TPSA) is 49.6 Å². The minimum atomic E-state index is 0.0103. The Kier molecular flexibility index (Phi) is 4.20. The Balaban J connectivity index is 1.66. The number of carbonyl (C=O) groups is 1. The Morgan fingerprint density at radius 3 is 2.32 bits per heavy atom. The Morgan fingerprint density at radius 1 is 1.00 bits per heavy atom. The quantitative estimate of drug-likeness (QED) is 0.867. The highest BCUT2D eigenvalue weighted by Gasteiger charge is 2.22. The maximum Gasteiger partial charge on any atom is 0.254 e. The van der Waals surface area contributed by atoms with Crippen molar-refractivity contribution in [3.8, 4) is 0 Å². The molecular weight excluding hydrogens is 298 g/mol. The first-order valence-corrected chi connectivity index (χ1v) is 7.67. The SMILES string of the molecule is Nc1cc(C(=O)N2CCN(c3ccccc3)CC2)ccc1Cl. The van der Waals surface area contributed by atoms with Crippen molar-refractivity contribution in [2.45, 2.75) is 0 Å². The Labute approximate surface area is 135 Å². The third-order valence-corrected chi connectivity index (χ3v) is 4.28. The predicted molar refractivity (Wildman–Crippen MR) is 90.4 cm³/mol. The van der Waals surface area contributed by atoms with Gasteiger partial charge in [0.05, 0.1) is 10.7 Å². The Hall–Kier alpha value is -2.20. The molecule has 0 aliphatic carbocycles. The van der Waals surface area contributed by atoms with Gasteiger partial charge < -0.3 is 15.5 Å². The van der Waals surface area contributed by atoms with Crippen molar-refractivity contribution in [3.05, 3.63) is 59.1 Å². The number of para-hydroxylation sites is 1. The fraction of sp³-hybridized carbons (Fsp3) is 0.235. The maximum absolute atomic E-state index is 12.5. The lowest BCUT2D eigenvalue weighted by molar-refractivity contribution is 0.0747. The summed E-state index contributed by atoms with van der Waals surface area (Å²) in [4.78, 5) is 16.7. The predicted octanol–water partition coefficient (Wildman–Crippen LogP) is 2.88. The molecule has 22 heavy (non-hydrogen) atoms. The van der Waals surface area contributed by atoms with Crippen LogP contribution >= 0.6 is 11.6 Å². The van der Waals surface area contributed by atoms with Crippen LogP contribution in [0.3, 0.4) is 0 Å².